The molecule has 0 amide bonds. The number of hydrogen-bond acceptors (Lipinski definition) is 3. The first-order chi connectivity index (χ1) is 6.87. The molecule has 0 saturated carbocycles. The van der Waals surface area contributed by atoms with E-state index < -0.39 is 0 Å². The average Bonchev–Trinajstić information content (AvgIpc) is 2.86. The fourth-order valence-corrected chi connectivity index (χ4v) is 1.47. The molecular formula is C10H13N3O+. The van der Waals surface area contributed by atoms with Crippen LogP contribution in [0.25, 0.3) is 0 Å². The Morgan fingerprint density at radius 2 is 2.50 bits per heavy atom. The largest absolute Gasteiger partial charge is 0.420 e. The van der Waals surface area contributed by atoms with E-state index in [1.807, 2.05) is 12.1 Å². The minimum atomic E-state index is 0.390. The molecule has 14 heavy (non-hydrogen) atoms. The summed E-state index contributed by atoms with van der Waals surface area (Å²) in [5.41, 5.74) is 0. The Morgan fingerprint density at radius 1 is 1.57 bits per heavy atom. The minimum Gasteiger partial charge on any atom is -0.420 e. The summed E-state index contributed by atoms with van der Waals surface area (Å²) in [7, 11) is 0. The van der Waals surface area contributed by atoms with Crippen LogP contribution in [0.3, 0.4) is 0 Å². The standard InChI is InChI=1S/C10H13N3O/c1-2-3-6-13(8-11-12-9-13)10-5-4-7-14-10/h4-5,7-8H,2-3,6H2,1H3/q+1. The molecule has 1 radical (unpaired) electrons. The molecule has 0 fully saturated rings. The van der Waals surface area contributed by atoms with Crippen molar-refractivity contribution in [3.63, 3.8) is 0 Å². The van der Waals surface area contributed by atoms with E-state index in [1.165, 1.54) is 0 Å². The first-order valence-corrected chi connectivity index (χ1v) is 4.81. The van der Waals surface area contributed by atoms with Crippen LogP contribution in [0.1, 0.15) is 19.8 Å². The number of hydrogen-bond donors (Lipinski definition) is 0. The highest BCUT2D eigenvalue weighted by atomic mass is 16.4. The van der Waals surface area contributed by atoms with Gasteiger partial charge in [-0.3, -0.25) is 0 Å². The molecule has 1 atom stereocenters. The van der Waals surface area contributed by atoms with Gasteiger partial charge >= 0.3 is 12.2 Å². The van der Waals surface area contributed by atoms with Crippen LogP contribution >= 0.6 is 0 Å². The van der Waals surface area contributed by atoms with Crippen molar-refractivity contribution in [1.82, 2.24) is 4.48 Å². The second kappa shape index (κ2) is 3.75. The molecule has 0 aliphatic carbocycles. The van der Waals surface area contributed by atoms with Crippen molar-refractivity contribution in [1.29, 1.82) is 0 Å². The highest BCUT2D eigenvalue weighted by Crippen LogP contribution is 2.23. The first kappa shape index (κ1) is 9.15. The summed E-state index contributed by atoms with van der Waals surface area (Å²) < 4.78 is 5.77. The lowest BCUT2D eigenvalue weighted by Crippen LogP contribution is -2.45. The van der Waals surface area contributed by atoms with Gasteiger partial charge in [0.1, 0.15) is 0 Å². The van der Waals surface area contributed by atoms with Crippen LogP contribution in [-0.2, 0) is 0 Å². The molecule has 1 aromatic rings. The Hall–Kier alpha value is -1.42. The van der Waals surface area contributed by atoms with Crippen LogP contribution in [0.5, 0.6) is 0 Å². The van der Waals surface area contributed by atoms with Crippen LogP contribution in [0.2, 0.25) is 0 Å². The van der Waals surface area contributed by atoms with Crippen molar-refractivity contribution in [3.8, 4) is 0 Å². The molecule has 0 aromatic carbocycles. The van der Waals surface area contributed by atoms with Crippen LogP contribution in [0.4, 0.5) is 5.88 Å². The van der Waals surface area contributed by atoms with Crippen LogP contribution in [0, 0.1) is 0 Å². The predicted molar refractivity (Wildman–Crippen MR) is 56.2 cm³/mol. The fraction of sp³-hybridized carbons (Fsp3) is 0.400. The van der Waals surface area contributed by atoms with Crippen molar-refractivity contribution in [3.05, 3.63) is 18.4 Å². The average molecular weight is 191 g/mol. The van der Waals surface area contributed by atoms with E-state index in [0.717, 1.165) is 25.3 Å². The summed E-state index contributed by atoms with van der Waals surface area (Å²) >= 11 is 0. The molecule has 73 valence electrons. The molecule has 2 heterocycles. The Bertz CT molecular complexity index is 328. The molecule has 1 aliphatic rings. The van der Waals surface area contributed by atoms with Gasteiger partial charge < -0.3 is 4.42 Å². The van der Waals surface area contributed by atoms with Gasteiger partial charge in [0.05, 0.1) is 12.8 Å². The van der Waals surface area contributed by atoms with E-state index in [4.69, 9.17) is 4.42 Å². The van der Waals surface area contributed by atoms with E-state index in [0.29, 0.717) is 4.48 Å². The van der Waals surface area contributed by atoms with Gasteiger partial charge in [-0.1, -0.05) is 23.5 Å². The van der Waals surface area contributed by atoms with E-state index >= 15 is 0 Å². The Kier molecular flexibility index (Phi) is 2.45. The van der Waals surface area contributed by atoms with Crippen molar-refractivity contribution in [2.24, 2.45) is 10.2 Å². The summed E-state index contributed by atoms with van der Waals surface area (Å²) in [5, 5.41) is 7.62. The summed E-state index contributed by atoms with van der Waals surface area (Å²) in [4.78, 5) is 0. The number of quaternary nitrogens is 1. The highest BCUT2D eigenvalue weighted by molar-refractivity contribution is 5.94. The normalized spacial score (nSPS) is 17.8. The number of furan rings is 1. The summed E-state index contributed by atoms with van der Waals surface area (Å²) in [6.07, 6.45) is 8.60. The SMILES string of the molecule is CCCC[N+]1(c2ccco2)[C]=NN=C1. The van der Waals surface area contributed by atoms with Crippen molar-refractivity contribution in [2.75, 3.05) is 6.54 Å². The maximum absolute atomic E-state index is 5.38. The molecule has 0 N–H and O–H groups in total. The minimum absolute atomic E-state index is 0.390. The van der Waals surface area contributed by atoms with Gasteiger partial charge in [-0.15, -0.1) is 0 Å². The molecule has 4 nitrogen and oxygen atoms in total. The molecule has 1 unspecified atom stereocenters. The van der Waals surface area contributed by atoms with Gasteiger partial charge in [-0.2, -0.15) is 4.48 Å². The lowest BCUT2D eigenvalue weighted by molar-refractivity contribution is 0.454. The molecule has 0 spiro atoms. The zero-order valence-electron chi connectivity index (χ0n) is 8.18. The number of rotatable bonds is 4. The van der Waals surface area contributed by atoms with Crippen molar-refractivity contribution < 1.29 is 4.42 Å². The van der Waals surface area contributed by atoms with E-state index in [2.05, 4.69) is 23.5 Å². The maximum Gasteiger partial charge on any atom is 0.346 e. The van der Waals surface area contributed by atoms with Crippen molar-refractivity contribution in [2.45, 2.75) is 19.8 Å². The third kappa shape index (κ3) is 1.48. The number of nitrogens with zero attached hydrogens (tertiary/aromatic N) is 3. The smallest absolute Gasteiger partial charge is 0.346 e. The first-order valence-electron chi connectivity index (χ1n) is 4.81. The molecule has 1 aromatic heterocycles. The van der Waals surface area contributed by atoms with Gasteiger partial charge in [-0.05, 0) is 12.5 Å². The maximum atomic E-state index is 5.38. The van der Waals surface area contributed by atoms with Gasteiger partial charge in [0.2, 0.25) is 6.34 Å². The van der Waals surface area contributed by atoms with Crippen LogP contribution < -0.4 is 4.48 Å². The van der Waals surface area contributed by atoms with Crippen LogP contribution in [-0.4, -0.2) is 19.2 Å². The molecule has 1 aliphatic heterocycles. The topological polar surface area (TPSA) is 37.9 Å². The molecule has 0 saturated heterocycles. The summed E-state index contributed by atoms with van der Waals surface area (Å²) in [5.74, 6) is 0.823. The van der Waals surface area contributed by atoms with Gasteiger partial charge in [-0.25, -0.2) is 0 Å². The third-order valence-corrected chi connectivity index (χ3v) is 2.29. The fourth-order valence-electron chi connectivity index (χ4n) is 1.47. The second-order valence-corrected chi connectivity index (χ2v) is 3.33. The van der Waals surface area contributed by atoms with E-state index in [-0.39, 0.29) is 0 Å². The molecule has 2 rings (SSSR count). The lowest BCUT2D eigenvalue weighted by atomic mass is 10.3. The van der Waals surface area contributed by atoms with Crippen LogP contribution in [0.15, 0.2) is 33.0 Å². The van der Waals surface area contributed by atoms with E-state index in [9.17, 15) is 0 Å². The highest BCUT2D eigenvalue weighted by Gasteiger charge is 2.34. The van der Waals surface area contributed by atoms with Gasteiger partial charge in [0.25, 0.3) is 0 Å². The monoisotopic (exact) mass is 191 g/mol. The Labute approximate surface area is 83.1 Å². The summed E-state index contributed by atoms with van der Waals surface area (Å²) in [6.45, 7) is 3.06. The summed E-state index contributed by atoms with van der Waals surface area (Å²) in [6, 6.07) is 3.80. The van der Waals surface area contributed by atoms with Crippen molar-refractivity contribution >= 4 is 18.6 Å². The lowest BCUT2D eigenvalue weighted by Gasteiger charge is -2.19. The third-order valence-electron chi connectivity index (χ3n) is 2.29. The van der Waals surface area contributed by atoms with Gasteiger partial charge in [0.15, 0.2) is 0 Å². The predicted octanol–water partition coefficient (Wildman–Crippen LogP) is 2.25. The molecule has 0 bridgehead atoms. The molecular weight excluding hydrogens is 178 g/mol. The zero-order valence-corrected chi connectivity index (χ0v) is 8.18. The van der Waals surface area contributed by atoms with E-state index in [1.54, 1.807) is 12.6 Å². The zero-order chi connectivity index (χ0) is 9.86. The Morgan fingerprint density at radius 3 is 3.07 bits per heavy atom. The quantitative estimate of drug-likeness (QED) is 0.672. The van der Waals surface area contributed by atoms with Gasteiger partial charge in [0, 0.05) is 6.07 Å². The number of unbranched alkanes of at least 4 members (excludes halogenated alkanes) is 1. The second-order valence-electron chi connectivity index (χ2n) is 3.33. The Balaban J connectivity index is 2.23. The molecule has 4 heteroatoms.